The third-order valence-corrected chi connectivity index (χ3v) is 12.0. The Morgan fingerprint density at radius 1 is 0.547 bits per heavy atom. The van der Waals surface area contributed by atoms with E-state index in [1.54, 1.807) is 0 Å². The number of hydrogen-bond acceptors (Lipinski definition) is 11. The first-order valence-corrected chi connectivity index (χ1v) is 26.5. The lowest BCUT2D eigenvalue weighted by molar-refractivity contribution is -0.297. The van der Waals surface area contributed by atoms with Gasteiger partial charge in [0.25, 0.3) is 10.1 Å². The van der Waals surface area contributed by atoms with Crippen LogP contribution in [0.4, 0.5) is 0 Å². The molecule has 0 amide bonds. The van der Waals surface area contributed by atoms with Gasteiger partial charge in [0.05, 0.1) is 6.61 Å². The Balaban J connectivity index is 2.36. The Kier molecular flexibility index (Phi) is 37.7. The minimum atomic E-state index is -4.61. The van der Waals surface area contributed by atoms with Crippen LogP contribution >= 0.6 is 0 Å². The molecule has 13 heteroatoms. The molecule has 0 aromatic rings. The Labute approximate surface area is 387 Å². The van der Waals surface area contributed by atoms with E-state index in [1.807, 2.05) is 54.7 Å². The zero-order valence-corrected chi connectivity index (χ0v) is 40.4. The fraction of sp³-hybridized carbons (Fsp3) is 0.765. The second-order valence-corrected chi connectivity index (χ2v) is 18.7. The maximum absolute atomic E-state index is 12.8. The maximum Gasteiger partial charge on any atom is 0.306 e. The standard InChI is InChI=1S/C51H88O12S/c1-3-5-7-9-11-13-15-17-18-19-20-21-22-23-24-25-26-28-29-31-33-35-37-39-46(52)60-41-44(42-61-51-50(56)49(55)48(54)45(63-51)43-64(57,58)59)62-47(53)40-38-36-34-32-30-27-16-14-12-10-8-6-4-2/h6,8,10,12,14,16,27,30,32,34,44-45,48-51,54-56H,3-5,7,9,11,13,15,17-26,28-29,31,33,35-43H2,1-2H3,(H,57,58,59)/b8-6+,12-10+,16-14+,30-27+,34-32+/t44?,45-,48-,49?,50?,51+/m1/s1. The second-order valence-electron chi connectivity index (χ2n) is 17.2. The molecule has 0 radical (unpaired) electrons. The maximum atomic E-state index is 12.8. The minimum absolute atomic E-state index is 0.0673. The summed E-state index contributed by atoms with van der Waals surface area (Å²) in [5.41, 5.74) is 0. The average Bonchev–Trinajstić information content (AvgIpc) is 3.26. The summed E-state index contributed by atoms with van der Waals surface area (Å²) in [5, 5.41) is 30.9. The molecule has 0 aromatic heterocycles. The van der Waals surface area contributed by atoms with E-state index >= 15 is 0 Å². The lowest BCUT2D eigenvalue weighted by Gasteiger charge is -2.40. The summed E-state index contributed by atoms with van der Waals surface area (Å²) in [5.74, 6) is -2.08. The van der Waals surface area contributed by atoms with E-state index in [-0.39, 0.29) is 19.4 Å². The van der Waals surface area contributed by atoms with Crippen LogP contribution in [-0.4, -0.2) is 96.0 Å². The molecule has 0 spiro atoms. The summed E-state index contributed by atoms with van der Waals surface area (Å²) < 4.78 is 54.0. The van der Waals surface area contributed by atoms with Crippen LogP contribution in [0.15, 0.2) is 60.8 Å². The van der Waals surface area contributed by atoms with Crippen LogP contribution in [0.25, 0.3) is 0 Å². The number of aliphatic hydroxyl groups excluding tert-OH is 3. The number of esters is 2. The van der Waals surface area contributed by atoms with E-state index in [2.05, 4.69) is 19.9 Å². The number of rotatable bonds is 41. The molecule has 3 unspecified atom stereocenters. The normalized spacial score (nSPS) is 20.1. The molecule has 1 rings (SSSR count). The van der Waals surface area contributed by atoms with Crippen molar-refractivity contribution in [3.63, 3.8) is 0 Å². The van der Waals surface area contributed by atoms with Crippen molar-refractivity contribution in [2.75, 3.05) is 19.0 Å². The van der Waals surface area contributed by atoms with Crippen LogP contribution in [0, 0.1) is 0 Å². The van der Waals surface area contributed by atoms with Crippen LogP contribution < -0.4 is 0 Å². The quantitative estimate of drug-likeness (QED) is 0.0197. The molecule has 370 valence electrons. The van der Waals surface area contributed by atoms with Gasteiger partial charge in [-0.3, -0.25) is 14.1 Å². The van der Waals surface area contributed by atoms with Gasteiger partial charge in [0.1, 0.15) is 36.8 Å². The predicted molar refractivity (Wildman–Crippen MR) is 256 cm³/mol. The molecule has 1 heterocycles. The average molecular weight is 925 g/mol. The molecule has 0 bridgehead atoms. The van der Waals surface area contributed by atoms with Crippen molar-refractivity contribution < 1.29 is 56.8 Å². The summed E-state index contributed by atoms with van der Waals surface area (Å²) in [7, 11) is -4.61. The molecule has 1 fully saturated rings. The summed E-state index contributed by atoms with van der Waals surface area (Å²) >= 11 is 0. The molecular formula is C51H88O12S. The van der Waals surface area contributed by atoms with Gasteiger partial charge in [-0.2, -0.15) is 8.42 Å². The fourth-order valence-corrected chi connectivity index (χ4v) is 8.11. The van der Waals surface area contributed by atoms with Crippen LogP contribution in [-0.2, 0) is 38.7 Å². The van der Waals surface area contributed by atoms with E-state index in [0.717, 1.165) is 25.7 Å². The van der Waals surface area contributed by atoms with Crippen LogP contribution in [0.3, 0.4) is 0 Å². The lowest BCUT2D eigenvalue weighted by atomic mass is 10.00. The van der Waals surface area contributed by atoms with Gasteiger partial charge in [-0.05, 0) is 25.7 Å². The van der Waals surface area contributed by atoms with Gasteiger partial charge in [0.2, 0.25) is 0 Å². The molecule has 64 heavy (non-hydrogen) atoms. The van der Waals surface area contributed by atoms with Gasteiger partial charge in [-0.1, -0.05) is 216 Å². The Morgan fingerprint density at radius 3 is 1.45 bits per heavy atom. The van der Waals surface area contributed by atoms with Gasteiger partial charge in [0, 0.05) is 12.8 Å². The fourth-order valence-electron chi connectivity index (χ4n) is 7.41. The van der Waals surface area contributed by atoms with Crippen molar-refractivity contribution in [1.29, 1.82) is 0 Å². The molecule has 6 atom stereocenters. The number of carbonyl (C=O) groups is 2. The molecule has 1 saturated heterocycles. The van der Waals surface area contributed by atoms with Crippen molar-refractivity contribution in [3.05, 3.63) is 60.8 Å². The first-order chi connectivity index (χ1) is 31.0. The Morgan fingerprint density at radius 2 is 0.984 bits per heavy atom. The molecule has 1 aliphatic rings. The summed E-state index contributed by atoms with van der Waals surface area (Å²) in [4.78, 5) is 25.4. The van der Waals surface area contributed by atoms with Gasteiger partial charge in [-0.25, -0.2) is 0 Å². The highest BCUT2D eigenvalue weighted by Crippen LogP contribution is 2.24. The second kappa shape index (κ2) is 40.6. The van der Waals surface area contributed by atoms with Crippen molar-refractivity contribution in [1.82, 2.24) is 0 Å². The van der Waals surface area contributed by atoms with E-state index in [4.69, 9.17) is 18.9 Å². The molecule has 0 aliphatic carbocycles. The smallest absolute Gasteiger partial charge is 0.306 e. The molecule has 12 nitrogen and oxygen atoms in total. The largest absolute Gasteiger partial charge is 0.462 e. The molecular weight excluding hydrogens is 837 g/mol. The van der Waals surface area contributed by atoms with Crippen molar-refractivity contribution in [2.45, 2.75) is 230 Å². The number of ether oxygens (including phenoxy) is 4. The highest BCUT2D eigenvalue weighted by Gasteiger charge is 2.46. The summed E-state index contributed by atoms with van der Waals surface area (Å²) in [6.07, 6.45) is 41.5. The first kappa shape index (κ1) is 59.4. The van der Waals surface area contributed by atoms with Crippen LogP contribution in [0.5, 0.6) is 0 Å². The summed E-state index contributed by atoms with van der Waals surface area (Å²) in [6.45, 7) is 3.57. The monoisotopic (exact) mass is 925 g/mol. The number of hydrogen-bond donors (Lipinski definition) is 4. The van der Waals surface area contributed by atoms with Crippen LogP contribution in [0.1, 0.15) is 194 Å². The van der Waals surface area contributed by atoms with E-state index in [1.165, 1.54) is 122 Å². The van der Waals surface area contributed by atoms with Gasteiger partial charge >= 0.3 is 11.9 Å². The minimum Gasteiger partial charge on any atom is -0.462 e. The Hall–Kier alpha value is -2.65. The molecule has 0 aromatic carbocycles. The number of aliphatic hydroxyl groups is 3. The van der Waals surface area contributed by atoms with Crippen molar-refractivity contribution in [3.8, 4) is 0 Å². The highest BCUT2D eigenvalue weighted by atomic mass is 32.2. The molecule has 4 N–H and O–H groups in total. The number of allylic oxidation sites excluding steroid dienone is 10. The summed E-state index contributed by atoms with van der Waals surface area (Å²) in [6, 6.07) is 0. The zero-order chi connectivity index (χ0) is 46.9. The topological polar surface area (TPSA) is 186 Å². The van der Waals surface area contributed by atoms with E-state index in [0.29, 0.717) is 19.3 Å². The number of carbonyl (C=O) groups excluding carboxylic acids is 2. The predicted octanol–water partition coefficient (Wildman–Crippen LogP) is 10.9. The van der Waals surface area contributed by atoms with Gasteiger partial charge in [-0.15, -0.1) is 0 Å². The van der Waals surface area contributed by atoms with E-state index < -0.39 is 71.2 Å². The van der Waals surface area contributed by atoms with E-state index in [9.17, 15) is 37.9 Å². The third kappa shape index (κ3) is 34.7. The number of unbranched alkanes of at least 4 members (excludes halogenated alkanes) is 23. The van der Waals surface area contributed by atoms with Crippen molar-refractivity contribution in [2.24, 2.45) is 0 Å². The lowest BCUT2D eigenvalue weighted by Crippen LogP contribution is -2.60. The zero-order valence-electron chi connectivity index (χ0n) is 39.6. The third-order valence-electron chi connectivity index (χ3n) is 11.2. The van der Waals surface area contributed by atoms with Crippen molar-refractivity contribution >= 4 is 22.1 Å². The molecule has 0 saturated carbocycles. The highest BCUT2D eigenvalue weighted by molar-refractivity contribution is 7.85. The van der Waals surface area contributed by atoms with Gasteiger partial charge in [0.15, 0.2) is 12.4 Å². The van der Waals surface area contributed by atoms with Gasteiger partial charge < -0.3 is 34.3 Å². The first-order valence-electron chi connectivity index (χ1n) is 24.9. The SMILES string of the molecule is CC/C=C/C=C/C=C/C=C/C=C/CCCC(=O)OC(COC(=O)CCCCCCCCCCCCCCCCCCCCCCCCC)CO[C@H]1O[C@H](CS(=O)(=O)O)[C@@H](O)C(O)C1O. The Bertz CT molecular complexity index is 1410. The van der Waals surface area contributed by atoms with Crippen LogP contribution in [0.2, 0.25) is 0 Å². The molecule has 1 aliphatic heterocycles.